The smallest absolute Gasteiger partial charge is 0.0314 e. The molecule has 0 aliphatic rings. The van der Waals surface area contributed by atoms with Gasteiger partial charge in [0, 0.05) is 5.69 Å². The molecule has 0 aromatic heterocycles. The second-order valence-corrected chi connectivity index (χ2v) is 4.96. The van der Waals surface area contributed by atoms with Crippen LogP contribution in [0, 0.1) is 0 Å². The number of anilines is 1. The molecule has 3 aromatic rings. The zero-order valence-corrected chi connectivity index (χ0v) is 11.7. The highest BCUT2D eigenvalue weighted by Crippen LogP contribution is 2.26. The van der Waals surface area contributed by atoms with Gasteiger partial charge >= 0.3 is 0 Å². The lowest BCUT2D eigenvalue weighted by atomic mass is 9.95. The van der Waals surface area contributed by atoms with Gasteiger partial charge in [0.1, 0.15) is 0 Å². The molecule has 3 rings (SSSR count). The van der Waals surface area contributed by atoms with E-state index in [0.717, 1.165) is 5.69 Å². The summed E-state index contributed by atoms with van der Waals surface area (Å²) in [6.07, 6.45) is 2.21. The minimum atomic E-state index is 0.783. The number of hydrogen-bond donors (Lipinski definition) is 1. The first kappa shape index (κ1) is 13.2. The summed E-state index contributed by atoms with van der Waals surface area (Å²) < 4.78 is 0. The highest BCUT2D eigenvalue weighted by atomic mass is 14.5. The van der Waals surface area contributed by atoms with Gasteiger partial charge in [-0.15, -0.1) is 0 Å². The number of benzene rings is 3. The second-order valence-electron chi connectivity index (χ2n) is 4.96. The Morgan fingerprint density at radius 1 is 0.619 bits per heavy atom. The number of nitrogen functional groups attached to an aromatic ring is 1. The molecular weight excluding hydrogens is 254 g/mol. The molecule has 0 unspecified atom stereocenters. The van der Waals surface area contributed by atoms with Gasteiger partial charge in [-0.1, -0.05) is 72.8 Å². The van der Waals surface area contributed by atoms with Gasteiger partial charge in [-0.05, 0) is 40.5 Å². The fourth-order valence-corrected chi connectivity index (χ4v) is 2.33. The van der Waals surface area contributed by atoms with Gasteiger partial charge in [-0.3, -0.25) is 0 Å². The standard InChI is InChI=1S/C20H17N/c21-19-13-11-18(12-14-19)20(17-9-5-2-6-10-17)15-16-7-3-1-4-8-16/h1-15H,21H2/b20-15+. The molecule has 0 fully saturated rings. The number of rotatable bonds is 3. The first-order chi connectivity index (χ1) is 10.3. The molecule has 3 aromatic carbocycles. The van der Waals surface area contributed by atoms with Gasteiger partial charge in [0.15, 0.2) is 0 Å². The summed E-state index contributed by atoms with van der Waals surface area (Å²) in [4.78, 5) is 0. The first-order valence-corrected chi connectivity index (χ1v) is 7.01. The van der Waals surface area contributed by atoms with E-state index in [4.69, 9.17) is 5.73 Å². The van der Waals surface area contributed by atoms with Crippen molar-refractivity contribution in [1.82, 2.24) is 0 Å². The molecule has 21 heavy (non-hydrogen) atoms. The van der Waals surface area contributed by atoms with Crippen molar-refractivity contribution < 1.29 is 0 Å². The molecule has 1 nitrogen and oxygen atoms in total. The minimum absolute atomic E-state index is 0.783. The normalized spacial score (nSPS) is 11.3. The topological polar surface area (TPSA) is 26.0 Å². The van der Waals surface area contributed by atoms with Crippen LogP contribution in [0.5, 0.6) is 0 Å². The Labute approximate surface area is 125 Å². The molecule has 0 heterocycles. The van der Waals surface area contributed by atoms with Crippen molar-refractivity contribution in [1.29, 1.82) is 0 Å². The van der Waals surface area contributed by atoms with Crippen LogP contribution in [0.25, 0.3) is 11.6 Å². The van der Waals surface area contributed by atoms with E-state index < -0.39 is 0 Å². The summed E-state index contributed by atoms with van der Waals surface area (Å²) >= 11 is 0. The Kier molecular flexibility index (Phi) is 3.83. The number of nitrogens with two attached hydrogens (primary N) is 1. The Morgan fingerprint density at radius 2 is 1.14 bits per heavy atom. The minimum Gasteiger partial charge on any atom is -0.399 e. The van der Waals surface area contributed by atoms with Crippen LogP contribution in [0.15, 0.2) is 84.9 Å². The van der Waals surface area contributed by atoms with Crippen molar-refractivity contribution in [3.05, 3.63) is 102 Å². The Morgan fingerprint density at radius 3 is 1.76 bits per heavy atom. The molecule has 0 spiro atoms. The third-order valence-corrected chi connectivity index (χ3v) is 3.42. The van der Waals surface area contributed by atoms with Gasteiger partial charge < -0.3 is 5.73 Å². The van der Waals surface area contributed by atoms with E-state index in [1.807, 2.05) is 24.3 Å². The van der Waals surface area contributed by atoms with E-state index in [9.17, 15) is 0 Å². The van der Waals surface area contributed by atoms with Crippen LogP contribution in [0.2, 0.25) is 0 Å². The molecular formula is C20H17N. The summed E-state index contributed by atoms with van der Waals surface area (Å²) in [5.74, 6) is 0. The molecule has 0 atom stereocenters. The predicted molar refractivity (Wildman–Crippen MR) is 90.7 cm³/mol. The highest BCUT2D eigenvalue weighted by Gasteiger charge is 2.04. The summed E-state index contributed by atoms with van der Waals surface area (Å²) in [5, 5.41) is 0. The molecule has 0 aliphatic heterocycles. The van der Waals surface area contributed by atoms with Crippen molar-refractivity contribution in [2.75, 3.05) is 5.73 Å². The molecule has 0 amide bonds. The average Bonchev–Trinajstić information content (AvgIpc) is 2.55. The fraction of sp³-hybridized carbons (Fsp3) is 0. The molecule has 2 N–H and O–H groups in total. The maximum absolute atomic E-state index is 5.80. The van der Waals surface area contributed by atoms with Gasteiger partial charge in [0.25, 0.3) is 0 Å². The summed E-state index contributed by atoms with van der Waals surface area (Å²) in [6.45, 7) is 0. The Balaban J connectivity index is 2.12. The van der Waals surface area contributed by atoms with Crippen molar-refractivity contribution in [2.24, 2.45) is 0 Å². The van der Waals surface area contributed by atoms with Crippen LogP contribution in [0.1, 0.15) is 16.7 Å². The third-order valence-electron chi connectivity index (χ3n) is 3.42. The molecule has 1 heteroatoms. The average molecular weight is 271 g/mol. The molecule has 0 saturated heterocycles. The van der Waals surface area contributed by atoms with Crippen molar-refractivity contribution in [2.45, 2.75) is 0 Å². The monoisotopic (exact) mass is 271 g/mol. The van der Waals surface area contributed by atoms with Gasteiger partial charge in [-0.25, -0.2) is 0 Å². The summed E-state index contributed by atoms with van der Waals surface area (Å²) in [7, 11) is 0. The van der Waals surface area contributed by atoms with Crippen molar-refractivity contribution in [3.63, 3.8) is 0 Å². The lowest BCUT2D eigenvalue weighted by Gasteiger charge is -2.09. The van der Waals surface area contributed by atoms with Gasteiger partial charge in [0.2, 0.25) is 0 Å². The van der Waals surface area contributed by atoms with Crippen molar-refractivity contribution >= 4 is 17.3 Å². The van der Waals surface area contributed by atoms with E-state index >= 15 is 0 Å². The zero-order chi connectivity index (χ0) is 14.5. The first-order valence-electron chi connectivity index (χ1n) is 7.01. The molecule has 102 valence electrons. The van der Waals surface area contributed by atoms with Gasteiger partial charge in [0.05, 0.1) is 0 Å². The molecule has 0 bridgehead atoms. The third kappa shape index (κ3) is 3.21. The van der Waals surface area contributed by atoms with E-state index in [0.29, 0.717) is 0 Å². The van der Waals surface area contributed by atoms with Gasteiger partial charge in [-0.2, -0.15) is 0 Å². The second kappa shape index (κ2) is 6.10. The van der Waals surface area contributed by atoms with Crippen LogP contribution in [0.3, 0.4) is 0 Å². The van der Waals surface area contributed by atoms with E-state index in [2.05, 4.69) is 66.7 Å². The Hall–Kier alpha value is -2.80. The quantitative estimate of drug-likeness (QED) is 0.534. The van der Waals surface area contributed by atoms with Crippen LogP contribution in [-0.4, -0.2) is 0 Å². The van der Waals surface area contributed by atoms with Crippen LogP contribution >= 0.6 is 0 Å². The Bertz CT molecular complexity index is 726. The summed E-state index contributed by atoms with van der Waals surface area (Å²) in [6, 6.07) is 28.8. The van der Waals surface area contributed by atoms with E-state index in [1.54, 1.807) is 0 Å². The highest BCUT2D eigenvalue weighted by molar-refractivity contribution is 5.91. The number of hydrogen-bond acceptors (Lipinski definition) is 1. The molecule has 0 radical (unpaired) electrons. The maximum atomic E-state index is 5.80. The molecule has 0 saturated carbocycles. The van der Waals surface area contributed by atoms with E-state index in [1.165, 1.54) is 22.3 Å². The maximum Gasteiger partial charge on any atom is 0.0314 e. The van der Waals surface area contributed by atoms with Crippen LogP contribution in [0.4, 0.5) is 5.69 Å². The van der Waals surface area contributed by atoms with Crippen LogP contribution in [-0.2, 0) is 0 Å². The van der Waals surface area contributed by atoms with E-state index in [-0.39, 0.29) is 0 Å². The zero-order valence-electron chi connectivity index (χ0n) is 11.7. The SMILES string of the molecule is Nc1ccc(/C(=C/c2ccccc2)c2ccccc2)cc1. The molecule has 0 aliphatic carbocycles. The summed E-state index contributed by atoms with van der Waals surface area (Å²) in [5.41, 5.74) is 11.3. The fourth-order valence-electron chi connectivity index (χ4n) is 2.33. The lowest BCUT2D eigenvalue weighted by molar-refractivity contribution is 1.55. The predicted octanol–water partition coefficient (Wildman–Crippen LogP) is 4.86. The lowest BCUT2D eigenvalue weighted by Crippen LogP contribution is -1.90. The largest absolute Gasteiger partial charge is 0.399 e. The van der Waals surface area contributed by atoms with Crippen molar-refractivity contribution in [3.8, 4) is 0 Å². The van der Waals surface area contributed by atoms with Crippen LogP contribution < -0.4 is 5.73 Å².